The smallest absolute Gasteiger partial charge is 0.243 e. The molecule has 0 bridgehead atoms. The molecule has 0 spiro atoms. The lowest BCUT2D eigenvalue weighted by atomic mass is 9.84. The van der Waals surface area contributed by atoms with Crippen LogP contribution in [0.15, 0.2) is 23.1 Å². The maximum atomic E-state index is 12.7. The third-order valence-electron chi connectivity index (χ3n) is 5.66. The van der Waals surface area contributed by atoms with E-state index < -0.39 is 10.0 Å². The van der Waals surface area contributed by atoms with Crippen LogP contribution in [0.3, 0.4) is 0 Å². The van der Waals surface area contributed by atoms with E-state index in [-0.39, 0.29) is 17.9 Å². The second kappa shape index (κ2) is 5.85. The van der Waals surface area contributed by atoms with Gasteiger partial charge >= 0.3 is 0 Å². The van der Waals surface area contributed by atoms with Gasteiger partial charge in [0.15, 0.2) is 0 Å². The van der Waals surface area contributed by atoms with Gasteiger partial charge in [-0.2, -0.15) is 4.31 Å². The van der Waals surface area contributed by atoms with Crippen molar-refractivity contribution in [3.05, 3.63) is 23.8 Å². The number of hydrogen-bond acceptors (Lipinski definition) is 3. The van der Waals surface area contributed by atoms with Crippen LogP contribution in [0.25, 0.3) is 0 Å². The highest BCUT2D eigenvalue weighted by molar-refractivity contribution is 7.89. The molecule has 1 amide bonds. The summed E-state index contributed by atoms with van der Waals surface area (Å²) in [7, 11) is -3.40. The first kappa shape index (κ1) is 16.1. The number of sulfonamides is 1. The molecule has 1 saturated carbocycles. The highest BCUT2D eigenvalue weighted by Crippen LogP contribution is 2.38. The first-order valence-corrected chi connectivity index (χ1v) is 10.4. The molecule has 1 aliphatic carbocycles. The minimum Gasteiger partial charge on any atom is -0.309 e. The van der Waals surface area contributed by atoms with Crippen LogP contribution in [0.4, 0.5) is 5.69 Å². The van der Waals surface area contributed by atoms with E-state index >= 15 is 0 Å². The molecule has 1 unspecified atom stereocenters. The van der Waals surface area contributed by atoms with Crippen molar-refractivity contribution in [2.75, 3.05) is 18.0 Å². The first-order valence-electron chi connectivity index (χ1n) is 8.94. The van der Waals surface area contributed by atoms with E-state index in [9.17, 15) is 13.2 Å². The zero-order valence-electron chi connectivity index (χ0n) is 14.1. The predicted molar refractivity (Wildman–Crippen MR) is 92.4 cm³/mol. The number of amides is 1. The van der Waals surface area contributed by atoms with Crippen molar-refractivity contribution in [3.63, 3.8) is 0 Å². The van der Waals surface area contributed by atoms with Crippen LogP contribution in [0.1, 0.15) is 44.6 Å². The Bertz CT molecular complexity index is 764. The molecular formula is C18H24N2O3S. The van der Waals surface area contributed by atoms with Gasteiger partial charge in [-0.1, -0.05) is 6.42 Å². The van der Waals surface area contributed by atoms with Crippen LogP contribution in [0, 0.1) is 5.92 Å². The number of carbonyl (C=O) groups is 1. The van der Waals surface area contributed by atoms with Crippen molar-refractivity contribution in [3.8, 4) is 0 Å². The number of nitrogens with zero attached hydrogens (tertiary/aromatic N) is 2. The second-order valence-electron chi connectivity index (χ2n) is 7.29. The summed E-state index contributed by atoms with van der Waals surface area (Å²) in [5, 5.41) is 0. The van der Waals surface area contributed by atoms with Crippen LogP contribution in [-0.2, 0) is 21.2 Å². The van der Waals surface area contributed by atoms with Gasteiger partial charge in [-0.3, -0.25) is 4.79 Å². The zero-order valence-corrected chi connectivity index (χ0v) is 14.9. The molecule has 0 aromatic heterocycles. The Kier molecular flexibility index (Phi) is 3.92. The number of anilines is 1. The van der Waals surface area contributed by atoms with Gasteiger partial charge in [0.05, 0.1) is 4.90 Å². The SMILES string of the molecule is CC1Cc2cc(S(=O)(=O)N3CCCC3)ccc2N1C(=O)C1CCC1. The van der Waals surface area contributed by atoms with Crippen molar-refractivity contribution in [1.29, 1.82) is 0 Å². The molecule has 1 saturated heterocycles. The molecule has 1 aromatic carbocycles. The monoisotopic (exact) mass is 348 g/mol. The Balaban J connectivity index is 1.65. The van der Waals surface area contributed by atoms with Crippen LogP contribution in [0.2, 0.25) is 0 Å². The normalized spacial score (nSPS) is 24.9. The molecule has 2 aliphatic heterocycles. The van der Waals surface area contributed by atoms with E-state index in [1.807, 2.05) is 17.9 Å². The van der Waals surface area contributed by atoms with Gasteiger partial charge in [0.25, 0.3) is 0 Å². The van der Waals surface area contributed by atoms with Gasteiger partial charge in [-0.25, -0.2) is 8.42 Å². The summed E-state index contributed by atoms with van der Waals surface area (Å²) >= 11 is 0. The highest BCUT2D eigenvalue weighted by Gasteiger charge is 2.38. The van der Waals surface area contributed by atoms with E-state index in [1.165, 1.54) is 0 Å². The molecule has 24 heavy (non-hydrogen) atoms. The van der Waals surface area contributed by atoms with Gasteiger partial charge in [0.1, 0.15) is 0 Å². The Morgan fingerprint density at radius 3 is 2.46 bits per heavy atom. The third-order valence-corrected chi connectivity index (χ3v) is 7.56. The van der Waals surface area contributed by atoms with Crippen molar-refractivity contribution >= 4 is 21.6 Å². The number of rotatable bonds is 3. The van der Waals surface area contributed by atoms with Crippen LogP contribution in [0.5, 0.6) is 0 Å². The van der Waals surface area contributed by atoms with Crippen LogP contribution >= 0.6 is 0 Å². The molecule has 0 radical (unpaired) electrons. The summed E-state index contributed by atoms with van der Waals surface area (Å²) in [6.07, 6.45) is 5.71. The van der Waals surface area contributed by atoms with E-state index in [4.69, 9.17) is 0 Å². The molecule has 2 fully saturated rings. The largest absolute Gasteiger partial charge is 0.309 e. The molecule has 130 valence electrons. The average Bonchev–Trinajstić information content (AvgIpc) is 3.11. The molecule has 2 heterocycles. The summed E-state index contributed by atoms with van der Waals surface area (Å²) in [4.78, 5) is 15.0. The van der Waals surface area contributed by atoms with E-state index in [2.05, 4.69) is 0 Å². The van der Waals surface area contributed by atoms with Gasteiger partial charge in [0.2, 0.25) is 15.9 Å². The van der Waals surface area contributed by atoms with Crippen molar-refractivity contribution in [2.45, 2.75) is 56.4 Å². The Morgan fingerprint density at radius 1 is 1.12 bits per heavy atom. The number of carbonyl (C=O) groups excluding carboxylic acids is 1. The minimum absolute atomic E-state index is 0.109. The van der Waals surface area contributed by atoms with Crippen molar-refractivity contribution in [2.24, 2.45) is 5.92 Å². The fourth-order valence-electron chi connectivity index (χ4n) is 4.03. The molecule has 3 aliphatic rings. The third kappa shape index (κ3) is 2.47. The molecule has 6 heteroatoms. The van der Waals surface area contributed by atoms with E-state index in [0.29, 0.717) is 18.0 Å². The van der Waals surface area contributed by atoms with Crippen LogP contribution in [-0.4, -0.2) is 37.8 Å². The Hall–Kier alpha value is -1.40. The Labute approximate surface area is 143 Å². The molecular weight excluding hydrogens is 324 g/mol. The van der Waals surface area contributed by atoms with Crippen molar-refractivity contribution in [1.82, 2.24) is 4.31 Å². The maximum absolute atomic E-state index is 12.7. The Morgan fingerprint density at radius 2 is 1.83 bits per heavy atom. The number of hydrogen-bond donors (Lipinski definition) is 0. The molecule has 4 rings (SSSR count). The maximum Gasteiger partial charge on any atom is 0.243 e. The predicted octanol–water partition coefficient (Wildman–Crippen LogP) is 2.55. The van der Waals surface area contributed by atoms with E-state index in [0.717, 1.165) is 49.8 Å². The summed E-state index contributed by atoms with van der Waals surface area (Å²) in [6, 6.07) is 5.40. The van der Waals surface area contributed by atoms with Gasteiger partial charge in [-0.05, 0) is 62.8 Å². The first-order chi connectivity index (χ1) is 11.5. The fraction of sp³-hybridized carbons (Fsp3) is 0.611. The van der Waals surface area contributed by atoms with Crippen molar-refractivity contribution < 1.29 is 13.2 Å². The van der Waals surface area contributed by atoms with E-state index in [1.54, 1.807) is 16.4 Å². The molecule has 0 N–H and O–H groups in total. The van der Waals surface area contributed by atoms with Gasteiger partial charge in [-0.15, -0.1) is 0 Å². The zero-order chi connectivity index (χ0) is 16.9. The van der Waals surface area contributed by atoms with Crippen LogP contribution < -0.4 is 4.90 Å². The lowest BCUT2D eigenvalue weighted by Crippen LogP contribution is -2.42. The average molecular weight is 348 g/mol. The summed E-state index contributed by atoms with van der Waals surface area (Å²) in [5.74, 6) is 0.369. The lowest BCUT2D eigenvalue weighted by molar-refractivity contribution is -0.125. The topological polar surface area (TPSA) is 57.7 Å². The lowest BCUT2D eigenvalue weighted by Gasteiger charge is -2.32. The van der Waals surface area contributed by atoms with Gasteiger partial charge < -0.3 is 4.90 Å². The molecule has 1 atom stereocenters. The summed E-state index contributed by atoms with van der Waals surface area (Å²) in [6.45, 7) is 3.27. The van der Waals surface area contributed by atoms with Gasteiger partial charge in [0, 0.05) is 30.7 Å². The summed E-state index contributed by atoms with van der Waals surface area (Å²) < 4.78 is 27.1. The molecule has 1 aromatic rings. The number of benzene rings is 1. The minimum atomic E-state index is -3.40. The highest BCUT2D eigenvalue weighted by atomic mass is 32.2. The quantitative estimate of drug-likeness (QED) is 0.843. The summed E-state index contributed by atoms with van der Waals surface area (Å²) in [5.41, 5.74) is 1.88. The molecule has 5 nitrogen and oxygen atoms in total. The second-order valence-corrected chi connectivity index (χ2v) is 9.23. The fourth-order valence-corrected chi connectivity index (χ4v) is 5.60. The number of fused-ring (bicyclic) bond motifs is 1. The standard InChI is InChI=1S/C18H24N2O3S/c1-13-11-15-12-16(24(22,23)19-9-2-3-10-19)7-8-17(15)20(13)18(21)14-5-4-6-14/h7-8,12-14H,2-6,9-11H2,1H3.